The van der Waals surface area contributed by atoms with Crippen molar-refractivity contribution in [3.8, 4) is 0 Å². The summed E-state index contributed by atoms with van der Waals surface area (Å²) in [5.41, 5.74) is 0.810. The Bertz CT molecular complexity index is 380. The van der Waals surface area contributed by atoms with Gasteiger partial charge in [-0.3, -0.25) is 0 Å². The minimum atomic E-state index is -0.253. The van der Waals surface area contributed by atoms with Gasteiger partial charge in [0.1, 0.15) is 5.82 Å². The molecule has 17 heavy (non-hydrogen) atoms. The van der Waals surface area contributed by atoms with E-state index in [1.54, 1.807) is 6.07 Å². The van der Waals surface area contributed by atoms with E-state index < -0.39 is 0 Å². The van der Waals surface area contributed by atoms with Crippen molar-refractivity contribution in [2.75, 3.05) is 13.7 Å². The molecule has 0 amide bonds. The molecule has 2 rings (SSSR count). The van der Waals surface area contributed by atoms with Crippen LogP contribution in [0.15, 0.2) is 18.2 Å². The maximum atomic E-state index is 13.2. The summed E-state index contributed by atoms with van der Waals surface area (Å²) < 4.78 is 18.8. The van der Waals surface area contributed by atoms with E-state index >= 15 is 0 Å². The maximum absolute atomic E-state index is 13.2. The van der Waals surface area contributed by atoms with Gasteiger partial charge in [0, 0.05) is 17.7 Å². The topological polar surface area (TPSA) is 21.3 Å². The Labute approximate surface area is 106 Å². The van der Waals surface area contributed by atoms with Crippen LogP contribution in [-0.2, 0) is 4.74 Å². The summed E-state index contributed by atoms with van der Waals surface area (Å²) in [5.74, 6) is -0.253. The molecule has 1 aliphatic rings. The van der Waals surface area contributed by atoms with Gasteiger partial charge in [-0.15, -0.1) is 0 Å². The fraction of sp³-hybridized carbons (Fsp3) is 0.538. The molecule has 2 atom stereocenters. The van der Waals surface area contributed by atoms with Gasteiger partial charge in [0.25, 0.3) is 0 Å². The van der Waals surface area contributed by atoms with Crippen LogP contribution in [0, 0.1) is 5.82 Å². The SMILES string of the molecule is CNC(CC1CCCO1)c1cc(F)ccc1Cl. The van der Waals surface area contributed by atoms with Crippen LogP contribution < -0.4 is 5.32 Å². The predicted octanol–water partition coefficient (Wildman–Crippen LogP) is 3.31. The van der Waals surface area contributed by atoms with E-state index in [0.29, 0.717) is 5.02 Å². The third kappa shape index (κ3) is 3.18. The zero-order chi connectivity index (χ0) is 12.3. The number of nitrogens with one attached hydrogen (secondary N) is 1. The number of benzene rings is 1. The molecular formula is C13H17ClFNO. The van der Waals surface area contributed by atoms with Crippen molar-refractivity contribution in [2.24, 2.45) is 0 Å². The molecule has 2 nitrogen and oxygen atoms in total. The number of halogens is 2. The van der Waals surface area contributed by atoms with Crippen molar-refractivity contribution in [3.05, 3.63) is 34.6 Å². The second kappa shape index (κ2) is 5.80. The molecule has 1 N–H and O–H groups in total. The summed E-state index contributed by atoms with van der Waals surface area (Å²) in [6, 6.07) is 4.52. The van der Waals surface area contributed by atoms with Gasteiger partial charge in [-0.05, 0) is 50.1 Å². The van der Waals surface area contributed by atoms with E-state index in [9.17, 15) is 4.39 Å². The lowest BCUT2D eigenvalue weighted by atomic mass is 9.99. The molecule has 2 unspecified atom stereocenters. The van der Waals surface area contributed by atoms with Crippen molar-refractivity contribution >= 4 is 11.6 Å². The van der Waals surface area contributed by atoms with E-state index in [1.165, 1.54) is 12.1 Å². The highest BCUT2D eigenvalue weighted by Crippen LogP contribution is 2.29. The van der Waals surface area contributed by atoms with Crippen molar-refractivity contribution in [1.29, 1.82) is 0 Å². The molecule has 1 aliphatic heterocycles. The summed E-state index contributed by atoms with van der Waals surface area (Å²) in [6.07, 6.45) is 3.27. The average molecular weight is 258 g/mol. The molecule has 0 saturated carbocycles. The Hall–Kier alpha value is -0.640. The molecule has 1 heterocycles. The predicted molar refractivity (Wildman–Crippen MR) is 66.8 cm³/mol. The number of rotatable bonds is 4. The normalized spacial score (nSPS) is 21.7. The van der Waals surface area contributed by atoms with Crippen LogP contribution in [-0.4, -0.2) is 19.8 Å². The lowest BCUT2D eigenvalue weighted by molar-refractivity contribution is 0.0954. The Morgan fingerprint density at radius 2 is 2.41 bits per heavy atom. The van der Waals surface area contributed by atoms with Crippen LogP contribution in [0.4, 0.5) is 4.39 Å². The largest absolute Gasteiger partial charge is 0.378 e. The van der Waals surface area contributed by atoms with E-state index in [-0.39, 0.29) is 18.0 Å². The van der Waals surface area contributed by atoms with Crippen LogP contribution in [0.2, 0.25) is 5.02 Å². The van der Waals surface area contributed by atoms with Crippen molar-refractivity contribution < 1.29 is 9.13 Å². The minimum Gasteiger partial charge on any atom is -0.378 e. The summed E-state index contributed by atoms with van der Waals surface area (Å²) in [5, 5.41) is 3.78. The fourth-order valence-electron chi connectivity index (χ4n) is 2.28. The van der Waals surface area contributed by atoms with Crippen LogP contribution in [0.25, 0.3) is 0 Å². The fourth-order valence-corrected chi connectivity index (χ4v) is 2.52. The first kappa shape index (κ1) is 12.8. The van der Waals surface area contributed by atoms with Crippen LogP contribution >= 0.6 is 11.6 Å². The Morgan fingerprint density at radius 1 is 1.59 bits per heavy atom. The van der Waals surface area contributed by atoms with Crippen LogP contribution in [0.5, 0.6) is 0 Å². The molecule has 0 bridgehead atoms. The van der Waals surface area contributed by atoms with Crippen LogP contribution in [0.3, 0.4) is 0 Å². The smallest absolute Gasteiger partial charge is 0.123 e. The Kier molecular flexibility index (Phi) is 4.37. The van der Waals surface area contributed by atoms with Crippen molar-refractivity contribution in [2.45, 2.75) is 31.4 Å². The lowest BCUT2D eigenvalue weighted by Crippen LogP contribution is -2.22. The van der Waals surface area contributed by atoms with E-state index in [2.05, 4.69) is 5.32 Å². The van der Waals surface area contributed by atoms with E-state index in [4.69, 9.17) is 16.3 Å². The Balaban J connectivity index is 2.13. The zero-order valence-electron chi connectivity index (χ0n) is 9.88. The van der Waals surface area contributed by atoms with E-state index in [1.807, 2.05) is 7.05 Å². The first-order valence-electron chi connectivity index (χ1n) is 5.94. The molecule has 94 valence electrons. The number of hydrogen-bond donors (Lipinski definition) is 1. The first-order chi connectivity index (χ1) is 8.20. The third-order valence-electron chi connectivity index (χ3n) is 3.20. The van der Waals surface area contributed by atoms with Crippen molar-refractivity contribution in [3.63, 3.8) is 0 Å². The van der Waals surface area contributed by atoms with E-state index in [0.717, 1.165) is 31.4 Å². The highest BCUT2D eigenvalue weighted by Gasteiger charge is 2.22. The van der Waals surface area contributed by atoms with Gasteiger partial charge in [-0.2, -0.15) is 0 Å². The molecule has 1 aromatic rings. The summed E-state index contributed by atoms with van der Waals surface area (Å²) in [4.78, 5) is 0. The molecule has 1 saturated heterocycles. The highest BCUT2D eigenvalue weighted by atomic mass is 35.5. The van der Waals surface area contributed by atoms with Gasteiger partial charge < -0.3 is 10.1 Å². The van der Waals surface area contributed by atoms with Gasteiger partial charge in [-0.25, -0.2) is 4.39 Å². The summed E-state index contributed by atoms with van der Waals surface area (Å²) in [6.45, 7) is 0.831. The molecule has 1 aromatic carbocycles. The summed E-state index contributed by atoms with van der Waals surface area (Å²) in [7, 11) is 1.86. The van der Waals surface area contributed by atoms with Gasteiger partial charge in [0.2, 0.25) is 0 Å². The molecular weight excluding hydrogens is 241 g/mol. The molecule has 0 spiro atoms. The Morgan fingerprint density at radius 3 is 3.06 bits per heavy atom. The minimum absolute atomic E-state index is 0.0429. The van der Waals surface area contributed by atoms with Crippen LogP contribution in [0.1, 0.15) is 30.9 Å². The van der Waals surface area contributed by atoms with Crippen molar-refractivity contribution in [1.82, 2.24) is 5.32 Å². The van der Waals surface area contributed by atoms with Gasteiger partial charge in [-0.1, -0.05) is 11.6 Å². The second-order valence-electron chi connectivity index (χ2n) is 4.38. The molecule has 4 heteroatoms. The number of ether oxygens (including phenoxy) is 1. The quantitative estimate of drug-likeness (QED) is 0.894. The monoisotopic (exact) mass is 257 g/mol. The van der Waals surface area contributed by atoms with Gasteiger partial charge in [0.15, 0.2) is 0 Å². The zero-order valence-corrected chi connectivity index (χ0v) is 10.6. The molecule has 0 aliphatic carbocycles. The molecule has 0 aromatic heterocycles. The van der Waals surface area contributed by atoms with Gasteiger partial charge >= 0.3 is 0 Å². The second-order valence-corrected chi connectivity index (χ2v) is 4.79. The molecule has 0 radical (unpaired) electrons. The number of hydrogen-bond acceptors (Lipinski definition) is 2. The highest BCUT2D eigenvalue weighted by molar-refractivity contribution is 6.31. The summed E-state index contributed by atoms with van der Waals surface area (Å²) >= 11 is 6.11. The maximum Gasteiger partial charge on any atom is 0.123 e. The van der Waals surface area contributed by atoms with Gasteiger partial charge in [0.05, 0.1) is 6.10 Å². The first-order valence-corrected chi connectivity index (χ1v) is 6.32. The third-order valence-corrected chi connectivity index (χ3v) is 3.55. The average Bonchev–Trinajstić information content (AvgIpc) is 2.82. The lowest BCUT2D eigenvalue weighted by Gasteiger charge is -2.21. The standard InChI is InChI=1S/C13H17ClFNO/c1-16-13(8-10-3-2-6-17-10)11-7-9(15)4-5-12(11)14/h4-5,7,10,13,16H,2-3,6,8H2,1H3. The molecule has 1 fully saturated rings.